The van der Waals surface area contributed by atoms with Crippen molar-refractivity contribution in [3.05, 3.63) is 16.1 Å². The zero-order valence-corrected chi connectivity index (χ0v) is 11.7. The molecular weight excluding hydrogens is 248 g/mol. The van der Waals surface area contributed by atoms with Crippen LogP contribution in [0.3, 0.4) is 0 Å². The first-order chi connectivity index (χ1) is 8.78. The Labute approximate surface area is 112 Å². The lowest BCUT2D eigenvalue weighted by Gasteiger charge is -2.14. The van der Waals surface area contributed by atoms with E-state index < -0.39 is 0 Å². The maximum Gasteiger partial charge on any atom is 0.191 e. The Bertz CT molecular complexity index is 399. The number of nitrogens with zero attached hydrogens (tertiary/aromatic N) is 2. The Morgan fingerprint density at radius 2 is 2.50 bits per heavy atom. The minimum atomic E-state index is 0.328. The lowest BCUT2D eigenvalue weighted by molar-refractivity contribution is 0.114. The Morgan fingerprint density at radius 1 is 1.61 bits per heavy atom. The summed E-state index contributed by atoms with van der Waals surface area (Å²) in [6.45, 7) is 4.48. The van der Waals surface area contributed by atoms with E-state index in [2.05, 4.69) is 20.6 Å². The number of ether oxygens (including phenoxy) is 1. The van der Waals surface area contributed by atoms with Crippen LogP contribution in [0.2, 0.25) is 0 Å². The van der Waals surface area contributed by atoms with Crippen molar-refractivity contribution in [2.45, 2.75) is 32.4 Å². The van der Waals surface area contributed by atoms with Crippen LogP contribution in [0.4, 0.5) is 0 Å². The minimum absolute atomic E-state index is 0.328. The van der Waals surface area contributed by atoms with E-state index in [0.717, 1.165) is 37.1 Å². The molecule has 1 aromatic rings. The lowest BCUT2D eigenvalue weighted by atomic mass is 10.2. The molecular formula is C12H20N4OS. The molecule has 0 spiro atoms. The second kappa shape index (κ2) is 6.70. The molecule has 1 aliphatic rings. The summed E-state index contributed by atoms with van der Waals surface area (Å²) in [5, 5.41) is 7.66. The number of aromatic nitrogens is 1. The number of hydrogen-bond acceptors (Lipinski definition) is 4. The molecule has 1 aliphatic heterocycles. The largest absolute Gasteiger partial charge is 0.376 e. The van der Waals surface area contributed by atoms with Gasteiger partial charge in [0.2, 0.25) is 0 Å². The van der Waals surface area contributed by atoms with Crippen LogP contribution in [0.5, 0.6) is 0 Å². The van der Waals surface area contributed by atoms with Gasteiger partial charge in [-0.2, -0.15) is 0 Å². The first-order valence-electron chi connectivity index (χ1n) is 6.25. The highest BCUT2D eigenvalue weighted by molar-refractivity contribution is 7.11. The van der Waals surface area contributed by atoms with Crippen molar-refractivity contribution in [1.29, 1.82) is 0 Å². The molecule has 18 heavy (non-hydrogen) atoms. The molecule has 0 bridgehead atoms. The van der Waals surface area contributed by atoms with Crippen LogP contribution in [0, 0.1) is 6.92 Å². The van der Waals surface area contributed by atoms with Gasteiger partial charge < -0.3 is 15.4 Å². The van der Waals surface area contributed by atoms with E-state index in [9.17, 15) is 0 Å². The summed E-state index contributed by atoms with van der Waals surface area (Å²) in [4.78, 5) is 9.64. The summed E-state index contributed by atoms with van der Waals surface area (Å²) in [6.07, 6.45) is 4.53. The van der Waals surface area contributed by atoms with Gasteiger partial charge in [0.15, 0.2) is 5.96 Å². The summed E-state index contributed by atoms with van der Waals surface area (Å²) in [6, 6.07) is 0. The zero-order valence-electron chi connectivity index (χ0n) is 10.9. The monoisotopic (exact) mass is 268 g/mol. The van der Waals surface area contributed by atoms with E-state index in [1.165, 1.54) is 11.3 Å². The molecule has 2 heterocycles. The summed E-state index contributed by atoms with van der Waals surface area (Å²) in [7, 11) is 1.78. The summed E-state index contributed by atoms with van der Waals surface area (Å²) >= 11 is 1.70. The lowest BCUT2D eigenvalue weighted by Crippen LogP contribution is -2.40. The predicted octanol–water partition coefficient (Wildman–Crippen LogP) is 1.30. The molecule has 1 fully saturated rings. The number of aryl methyl sites for hydroxylation is 1. The molecule has 0 aromatic carbocycles. The van der Waals surface area contributed by atoms with E-state index in [4.69, 9.17) is 4.74 Å². The molecule has 2 rings (SSSR count). The molecule has 1 atom stereocenters. The number of aliphatic imine (C=N–C) groups is 1. The van der Waals surface area contributed by atoms with Crippen LogP contribution in [-0.4, -0.2) is 37.2 Å². The highest BCUT2D eigenvalue weighted by Gasteiger charge is 2.15. The Balaban J connectivity index is 1.72. The maximum atomic E-state index is 5.56. The van der Waals surface area contributed by atoms with Crippen LogP contribution in [-0.2, 0) is 11.3 Å². The number of guanidine groups is 1. The molecule has 2 N–H and O–H groups in total. The van der Waals surface area contributed by atoms with Crippen molar-refractivity contribution in [1.82, 2.24) is 15.6 Å². The molecule has 1 saturated heterocycles. The van der Waals surface area contributed by atoms with Gasteiger partial charge in [-0.05, 0) is 19.8 Å². The molecule has 0 saturated carbocycles. The van der Waals surface area contributed by atoms with E-state index in [-0.39, 0.29) is 0 Å². The molecule has 0 radical (unpaired) electrons. The quantitative estimate of drug-likeness (QED) is 0.638. The summed E-state index contributed by atoms with van der Waals surface area (Å²) in [5.41, 5.74) is 0. The van der Waals surface area contributed by atoms with Gasteiger partial charge in [-0.3, -0.25) is 4.99 Å². The second-order valence-corrected chi connectivity index (χ2v) is 5.61. The Kier molecular flexibility index (Phi) is 4.95. The second-order valence-electron chi connectivity index (χ2n) is 4.29. The Morgan fingerprint density at radius 3 is 3.11 bits per heavy atom. The van der Waals surface area contributed by atoms with Gasteiger partial charge >= 0.3 is 0 Å². The predicted molar refractivity (Wildman–Crippen MR) is 74.0 cm³/mol. The van der Waals surface area contributed by atoms with Gasteiger partial charge in [-0.15, -0.1) is 11.3 Å². The van der Waals surface area contributed by atoms with E-state index in [0.29, 0.717) is 6.10 Å². The highest BCUT2D eigenvalue weighted by atomic mass is 32.1. The topological polar surface area (TPSA) is 58.5 Å². The molecule has 1 aromatic heterocycles. The normalized spacial score (nSPS) is 20.1. The van der Waals surface area contributed by atoms with Crippen molar-refractivity contribution in [3.63, 3.8) is 0 Å². The number of rotatable bonds is 4. The molecule has 0 aliphatic carbocycles. The molecule has 0 amide bonds. The van der Waals surface area contributed by atoms with Crippen molar-refractivity contribution in [3.8, 4) is 0 Å². The highest BCUT2D eigenvalue weighted by Crippen LogP contribution is 2.11. The van der Waals surface area contributed by atoms with Crippen molar-refractivity contribution >= 4 is 17.3 Å². The first kappa shape index (κ1) is 13.3. The molecule has 100 valence electrons. The van der Waals surface area contributed by atoms with Crippen molar-refractivity contribution in [2.24, 2.45) is 4.99 Å². The van der Waals surface area contributed by atoms with E-state index in [1.54, 1.807) is 18.4 Å². The molecule has 1 unspecified atom stereocenters. The fraction of sp³-hybridized carbons (Fsp3) is 0.667. The van der Waals surface area contributed by atoms with Crippen molar-refractivity contribution in [2.75, 3.05) is 20.2 Å². The van der Waals surface area contributed by atoms with Gasteiger partial charge in [0.25, 0.3) is 0 Å². The van der Waals surface area contributed by atoms with Crippen LogP contribution in [0.15, 0.2) is 11.2 Å². The Hall–Kier alpha value is -1.14. The number of thiazole rings is 1. The minimum Gasteiger partial charge on any atom is -0.376 e. The van der Waals surface area contributed by atoms with Gasteiger partial charge in [0, 0.05) is 31.3 Å². The third-order valence-corrected chi connectivity index (χ3v) is 3.76. The molecule has 6 heteroatoms. The summed E-state index contributed by atoms with van der Waals surface area (Å²) < 4.78 is 5.56. The van der Waals surface area contributed by atoms with Gasteiger partial charge in [0.1, 0.15) is 0 Å². The number of nitrogens with one attached hydrogen (secondary N) is 2. The summed E-state index contributed by atoms with van der Waals surface area (Å²) in [5.74, 6) is 0.816. The fourth-order valence-corrected chi connectivity index (χ4v) is 2.63. The van der Waals surface area contributed by atoms with Crippen molar-refractivity contribution < 1.29 is 4.74 Å². The fourth-order valence-electron chi connectivity index (χ4n) is 1.89. The van der Waals surface area contributed by atoms with Gasteiger partial charge in [0.05, 0.1) is 17.7 Å². The average molecular weight is 268 g/mol. The van der Waals surface area contributed by atoms with Crippen LogP contribution >= 0.6 is 11.3 Å². The zero-order chi connectivity index (χ0) is 12.8. The van der Waals surface area contributed by atoms with Gasteiger partial charge in [-0.1, -0.05) is 0 Å². The standard InChI is InChI=1S/C12H20N4OS/c1-9-14-7-11(18-9)8-16-12(13-2)15-6-10-4-3-5-17-10/h7,10H,3-6,8H2,1-2H3,(H2,13,15,16). The molecule has 5 nitrogen and oxygen atoms in total. The third-order valence-electron chi connectivity index (χ3n) is 2.84. The first-order valence-corrected chi connectivity index (χ1v) is 7.07. The third kappa shape index (κ3) is 3.96. The van der Waals surface area contributed by atoms with Crippen LogP contribution in [0.1, 0.15) is 22.7 Å². The van der Waals surface area contributed by atoms with E-state index >= 15 is 0 Å². The maximum absolute atomic E-state index is 5.56. The number of hydrogen-bond donors (Lipinski definition) is 2. The van der Waals surface area contributed by atoms with Crippen LogP contribution in [0.25, 0.3) is 0 Å². The van der Waals surface area contributed by atoms with E-state index in [1.807, 2.05) is 13.1 Å². The van der Waals surface area contributed by atoms with Gasteiger partial charge in [-0.25, -0.2) is 4.98 Å². The van der Waals surface area contributed by atoms with Crippen LogP contribution < -0.4 is 10.6 Å². The smallest absolute Gasteiger partial charge is 0.191 e. The SMILES string of the molecule is CN=C(NCc1cnc(C)s1)NCC1CCCO1. The average Bonchev–Trinajstić information content (AvgIpc) is 3.01.